The maximum absolute atomic E-state index is 8.75. The van der Waals surface area contributed by atoms with Crippen LogP contribution in [-0.4, -0.2) is 17.5 Å². The van der Waals surface area contributed by atoms with Crippen LogP contribution in [0.25, 0.3) is 0 Å². The molecular formula is C7H16O2. The summed E-state index contributed by atoms with van der Waals surface area (Å²) in [6.07, 6.45) is -0.493. The molecule has 0 saturated heterocycles. The van der Waals surface area contributed by atoms with Gasteiger partial charge in [-0.3, -0.25) is 0 Å². The van der Waals surface area contributed by atoms with Gasteiger partial charge in [0.1, 0.15) is 0 Å². The predicted molar refractivity (Wildman–Crippen MR) is 37.1 cm³/mol. The second-order valence-corrected chi connectivity index (χ2v) is 2.68. The van der Waals surface area contributed by atoms with Gasteiger partial charge < -0.3 is 9.84 Å². The molecular weight excluding hydrogens is 116 g/mol. The average molecular weight is 132 g/mol. The van der Waals surface area contributed by atoms with E-state index in [4.69, 9.17) is 9.84 Å². The fraction of sp³-hybridized carbons (Fsp3) is 1.00. The van der Waals surface area contributed by atoms with Crippen molar-refractivity contribution in [3.05, 3.63) is 0 Å². The molecule has 0 amide bonds. The highest BCUT2D eigenvalue weighted by molar-refractivity contribution is 4.53. The van der Waals surface area contributed by atoms with Crippen LogP contribution in [0.2, 0.25) is 0 Å². The Morgan fingerprint density at radius 1 is 1.11 bits per heavy atom. The first-order chi connectivity index (χ1) is 4.04. The van der Waals surface area contributed by atoms with E-state index in [1.807, 2.05) is 6.92 Å². The molecule has 0 aromatic rings. The minimum Gasteiger partial charge on any atom is -0.368 e. The van der Waals surface area contributed by atoms with Crippen molar-refractivity contribution < 1.29 is 9.84 Å². The summed E-state index contributed by atoms with van der Waals surface area (Å²) in [5, 5.41) is 8.75. The van der Waals surface area contributed by atoms with E-state index in [-0.39, 0.29) is 6.10 Å². The SMILES string of the molecule is CC(O)OC(C)C(C)C. The van der Waals surface area contributed by atoms with Crippen molar-refractivity contribution in [1.29, 1.82) is 0 Å². The van der Waals surface area contributed by atoms with Crippen LogP contribution in [0.4, 0.5) is 0 Å². The molecule has 2 nitrogen and oxygen atoms in total. The van der Waals surface area contributed by atoms with E-state index in [0.717, 1.165) is 0 Å². The van der Waals surface area contributed by atoms with E-state index in [2.05, 4.69) is 13.8 Å². The lowest BCUT2D eigenvalue weighted by Crippen LogP contribution is -2.21. The van der Waals surface area contributed by atoms with Crippen LogP contribution in [0.1, 0.15) is 27.7 Å². The summed E-state index contributed by atoms with van der Waals surface area (Å²) in [4.78, 5) is 0. The number of hydrogen-bond acceptors (Lipinski definition) is 2. The van der Waals surface area contributed by atoms with Crippen molar-refractivity contribution in [1.82, 2.24) is 0 Å². The second kappa shape index (κ2) is 3.85. The topological polar surface area (TPSA) is 29.5 Å². The second-order valence-electron chi connectivity index (χ2n) is 2.68. The first-order valence-electron chi connectivity index (χ1n) is 3.37. The van der Waals surface area contributed by atoms with E-state index < -0.39 is 6.29 Å². The average Bonchev–Trinajstić information content (AvgIpc) is 1.63. The monoisotopic (exact) mass is 132 g/mol. The van der Waals surface area contributed by atoms with Crippen LogP contribution in [-0.2, 0) is 4.74 Å². The van der Waals surface area contributed by atoms with Crippen molar-refractivity contribution >= 4 is 0 Å². The lowest BCUT2D eigenvalue weighted by Gasteiger charge is -2.17. The maximum atomic E-state index is 8.75. The zero-order chi connectivity index (χ0) is 7.44. The Hall–Kier alpha value is -0.0800. The zero-order valence-electron chi connectivity index (χ0n) is 6.59. The number of aliphatic hydroxyl groups is 1. The van der Waals surface area contributed by atoms with E-state index in [1.54, 1.807) is 6.92 Å². The molecule has 0 rings (SSSR count). The maximum Gasteiger partial charge on any atom is 0.152 e. The number of hydrogen-bond donors (Lipinski definition) is 1. The molecule has 0 saturated carbocycles. The van der Waals surface area contributed by atoms with Gasteiger partial charge in [-0.25, -0.2) is 0 Å². The summed E-state index contributed by atoms with van der Waals surface area (Å²) in [5.41, 5.74) is 0. The van der Waals surface area contributed by atoms with Crippen LogP contribution in [0.5, 0.6) is 0 Å². The van der Waals surface area contributed by atoms with Gasteiger partial charge in [-0.2, -0.15) is 0 Å². The predicted octanol–water partition coefficient (Wildman–Crippen LogP) is 1.39. The van der Waals surface area contributed by atoms with Gasteiger partial charge in [0.2, 0.25) is 0 Å². The van der Waals surface area contributed by atoms with Gasteiger partial charge >= 0.3 is 0 Å². The van der Waals surface area contributed by atoms with Gasteiger partial charge in [-0.1, -0.05) is 13.8 Å². The van der Waals surface area contributed by atoms with Crippen LogP contribution >= 0.6 is 0 Å². The summed E-state index contributed by atoms with van der Waals surface area (Å²) in [5.74, 6) is 0.472. The van der Waals surface area contributed by atoms with Gasteiger partial charge in [0.05, 0.1) is 6.10 Å². The highest BCUT2D eigenvalue weighted by Gasteiger charge is 2.08. The van der Waals surface area contributed by atoms with Crippen LogP contribution < -0.4 is 0 Å². The summed E-state index contributed by atoms with van der Waals surface area (Å²) >= 11 is 0. The highest BCUT2D eigenvalue weighted by Crippen LogP contribution is 2.06. The summed E-state index contributed by atoms with van der Waals surface area (Å²) in [7, 11) is 0. The molecule has 0 bridgehead atoms. The molecule has 0 aliphatic carbocycles. The molecule has 56 valence electrons. The Labute approximate surface area is 56.8 Å². The first kappa shape index (κ1) is 8.92. The smallest absolute Gasteiger partial charge is 0.152 e. The van der Waals surface area contributed by atoms with Crippen molar-refractivity contribution in [2.24, 2.45) is 5.92 Å². The van der Waals surface area contributed by atoms with Crippen molar-refractivity contribution in [3.63, 3.8) is 0 Å². The molecule has 2 heteroatoms. The first-order valence-corrected chi connectivity index (χ1v) is 3.37. The highest BCUT2D eigenvalue weighted by atomic mass is 16.6. The van der Waals surface area contributed by atoms with Crippen molar-refractivity contribution in [2.45, 2.75) is 40.1 Å². The molecule has 0 aromatic carbocycles. The quantitative estimate of drug-likeness (QED) is 0.588. The summed E-state index contributed by atoms with van der Waals surface area (Å²) in [6, 6.07) is 0. The number of rotatable bonds is 3. The molecule has 0 fully saturated rings. The van der Waals surface area contributed by atoms with E-state index >= 15 is 0 Å². The van der Waals surface area contributed by atoms with Crippen molar-refractivity contribution in [3.8, 4) is 0 Å². The normalized spacial score (nSPS) is 18.0. The minimum atomic E-state index is -0.637. The summed E-state index contributed by atoms with van der Waals surface area (Å²) < 4.78 is 5.07. The van der Waals surface area contributed by atoms with Crippen LogP contribution in [0, 0.1) is 5.92 Å². The van der Waals surface area contributed by atoms with Gasteiger partial charge in [0, 0.05) is 0 Å². The molecule has 0 heterocycles. The zero-order valence-corrected chi connectivity index (χ0v) is 6.59. The molecule has 9 heavy (non-hydrogen) atoms. The molecule has 1 N–H and O–H groups in total. The van der Waals surface area contributed by atoms with E-state index in [9.17, 15) is 0 Å². The van der Waals surface area contributed by atoms with E-state index in [1.165, 1.54) is 0 Å². The largest absolute Gasteiger partial charge is 0.368 e. The summed E-state index contributed by atoms with van der Waals surface area (Å²) in [6.45, 7) is 7.70. The fourth-order valence-corrected chi connectivity index (χ4v) is 0.468. The third kappa shape index (κ3) is 4.43. The lowest BCUT2D eigenvalue weighted by atomic mass is 10.1. The molecule has 0 aliphatic heterocycles. The minimum absolute atomic E-state index is 0.144. The standard InChI is InChI=1S/C7H16O2/c1-5(2)6(3)9-7(4)8/h5-8H,1-4H3. The molecule has 0 aromatic heterocycles. The Bertz CT molecular complexity index is 69.3. The Balaban J connectivity index is 3.38. The van der Waals surface area contributed by atoms with Gasteiger partial charge in [-0.15, -0.1) is 0 Å². The molecule has 2 atom stereocenters. The third-order valence-electron chi connectivity index (χ3n) is 1.35. The van der Waals surface area contributed by atoms with Crippen LogP contribution in [0.15, 0.2) is 0 Å². The Morgan fingerprint density at radius 3 is 1.67 bits per heavy atom. The van der Waals surface area contributed by atoms with Gasteiger partial charge in [0.25, 0.3) is 0 Å². The molecule has 0 radical (unpaired) electrons. The molecule has 0 spiro atoms. The Morgan fingerprint density at radius 2 is 1.56 bits per heavy atom. The Kier molecular flexibility index (Phi) is 3.82. The molecule has 2 unspecified atom stereocenters. The fourth-order valence-electron chi connectivity index (χ4n) is 0.468. The van der Waals surface area contributed by atoms with Gasteiger partial charge in [-0.05, 0) is 19.8 Å². The van der Waals surface area contributed by atoms with Crippen LogP contribution in [0.3, 0.4) is 0 Å². The van der Waals surface area contributed by atoms with E-state index in [0.29, 0.717) is 5.92 Å². The van der Waals surface area contributed by atoms with Crippen molar-refractivity contribution in [2.75, 3.05) is 0 Å². The molecule has 0 aliphatic rings. The number of aliphatic hydroxyl groups excluding tert-OH is 1. The third-order valence-corrected chi connectivity index (χ3v) is 1.35. The lowest BCUT2D eigenvalue weighted by molar-refractivity contribution is -0.130. The number of ether oxygens (including phenoxy) is 1. The van der Waals surface area contributed by atoms with Gasteiger partial charge in [0.15, 0.2) is 6.29 Å².